The van der Waals surface area contributed by atoms with Gasteiger partial charge >= 0.3 is 11.9 Å². The van der Waals surface area contributed by atoms with Crippen molar-refractivity contribution in [1.29, 1.82) is 0 Å². The van der Waals surface area contributed by atoms with Crippen LogP contribution in [0.3, 0.4) is 0 Å². The number of hydrogen-bond donors (Lipinski definition) is 6. The van der Waals surface area contributed by atoms with E-state index in [1.165, 1.54) is 4.90 Å². The van der Waals surface area contributed by atoms with Crippen molar-refractivity contribution in [2.75, 3.05) is 6.54 Å². The standard InChI is InChI=1S/C20H33N5O8/c1-10(2)16(19(31)25-9-3-4-13(25)20(32)33)24-18(30)12(6-7-14(22)26)23-17(29)11(21)5-8-15(27)28/h10-13,16H,3-9,21H2,1-2H3,(H2,22,26)(H,23,29)(H,24,30)(H,27,28)(H,32,33). The molecule has 1 rings (SSSR count). The van der Waals surface area contributed by atoms with Crippen molar-refractivity contribution in [2.45, 2.75) is 76.5 Å². The van der Waals surface area contributed by atoms with E-state index < -0.39 is 65.7 Å². The fourth-order valence-electron chi connectivity index (χ4n) is 3.48. The summed E-state index contributed by atoms with van der Waals surface area (Å²) in [5.74, 6) is -5.50. The average molecular weight is 472 g/mol. The van der Waals surface area contributed by atoms with Crippen molar-refractivity contribution in [3.8, 4) is 0 Å². The van der Waals surface area contributed by atoms with Gasteiger partial charge in [0.1, 0.15) is 18.1 Å². The Hall–Kier alpha value is -3.22. The molecule has 33 heavy (non-hydrogen) atoms. The Morgan fingerprint density at radius 1 is 1.00 bits per heavy atom. The topological polar surface area (TPSA) is 222 Å². The van der Waals surface area contributed by atoms with Crippen LogP contribution in [-0.4, -0.2) is 81.4 Å². The first-order valence-corrected chi connectivity index (χ1v) is 10.7. The van der Waals surface area contributed by atoms with Gasteiger partial charge in [-0.2, -0.15) is 0 Å². The first-order chi connectivity index (χ1) is 15.3. The lowest BCUT2D eigenvalue weighted by Gasteiger charge is -2.30. The van der Waals surface area contributed by atoms with Crippen molar-refractivity contribution < 1.29 is 39.0 Å². The number of carboxylic acids is 2. The van der Waals surface area contributed by atoms with Crippen molar-refractivity contribution in [1.82, 2.24) is 15.5 Å². The third-order valence-corrected chi connectivity index (χ3v) is 5.37. The predicted octanol–water partition coefficient (Wildman–Crippen LogP) is -1.85. The molecule has 1 aliphatic heterocycles. The molecular weight excluding hydrogens is 438 g/mol. The van der Waals surface area contributed by atoms with E-state index >= 15 is 0 Å². The van der Waals surface area contributed by atoms with Crippen LogP contribution in [0.2, 0.25) is 0 Å². The molecule has 0 aliphatic carbocycles. The molecule has 1 saturated heterocycles. The van der Waals surface area contributed by atoms with Crippen LogP contribution < -0.4 is 22.1 Å². The Bertz CT molecular complexity index is 772. The third-order valence-electron chi connectivity index (χ3n) is 5.37. The number of likely N-dealkylation sites (tertiary alicyclic amines) is 1. The van der Waals surface area contributed by atoms with Gasteiger partial charge in [-0.15, -0.1) is 0 Å². The van der Waals surface area contributed by atoms with Gasteiger partial charge in [0, 0.05) is 19.4 Å². The van der Waals surface area contributed by atoms with E-state index in [0.29, 0.717) is 12.8 Å². The van der Waals surface area contributed by atoms with Crippen LogP contribution in [0.4, 0.5) is 0 Å². The van der Waals surface area contributed by atoms with E-state index in [4.69, 9.17) is 16.6 Å². The molecule has 4 atom stereocenters. The van der Waals surface area contributed by atoms with Gasteiger partial charge < -0.3 is 37.2 Å². The fourth-order valence-corrected chi connectivity index (χ4v) is 3.48. The van der Waals surface area contributed by atoms with E-state index in [1.807, 2.05) is 0 Å². The second-order valence-electron chi connectivity index (χ2n) is 8.36. The molecule has 4 amide bonds. The molecule has 4 unspecified atom stereocenters. The molecule has 13 heteroatoms. The van der Waals surface area contributed by atoms with Gasteiger partial charge in [0.05, 0.1) is 6.04 Å². The van der Waals surface area contributed by atoms with Gasteiger partial charge in [-0.3, -0.25) is 24.0 Å². The summed E-state index contributed by atoms with van der Waals surface area (Å²) in [7, 11) is 0. The smallest absolute Gasteiger partial charge is 0.326 e. The monoisotopic (exact) mass is 471 g/mol. The molecule has 1 heterocycles. The van der Waals surface area contributed by atoms with Gasteiger partial charge in [-0.25, -0.2) is 4.79 Å². The zero-order valence-electron chi connectivity index (χ0n) is 18.8. The second kappa shape index (κ2) is 12.7. The number of carbonyl (C=O) groups is 6. The van der Waals surface area contributed by atoms with Crippen LogP contribution in [0.5, 0.6) is 0 Å². The van der Waals surface area contributed by atoms with E-state index in [2.05, 4.69) is 10.6 Å². The Morgan fingerprint density at radius 2 is 1.64 bits per heavy atom. The number of amides is 4. The molecule has 0 radical (unpaired) electrons. The van der Waals surface area contributed by atoms with Crippen molar-refractivity contribution in [3.05, 3.63) is 0 Å². The Kier molecular flexibility index (Phi) is 10.7. The quantitative estimate of drug-likeness (QED) is 0.177. The van der Waals surface area contributed by atoms with Crippen LogP contribution in [0.1, 0.15) is 52.4 Å². The van der Waals surface area contributed by atoms with Crippen molar-refractivity contribution in [2.24, 2.45) is 17.4 Å². The highest BCUT2D eigenvalue weighted by Gasteiger charge is 2.39. The average Bonchev–Trinajstić information content (AvgIpc) is 3.22. The maximum absolute atomic E-state index is 13.0. The molecular formula is C20H33N5O8. The number of nitrogens with one attached hydrogen (secondary N) is 2. The van der Waals surface area contributed by atoms with E-state index in [0.717, 1.165) is 0 Å². The molecule has 1 aliphatic rings. The Morgan fingerprint density at radius 3 is 2.15 bits per heavy atom. The molecule has 8 N–H and O–H groups in total. The molecule has 0 aromatic rings. The molecule has 0 aromatic carbocycles. The predicted molar refractivity (Wildman–Crippen MR) is 114 cm³/mol. The molecule has 0 aromatic heterocycles. The largest absolute Gasteiger partial charge is 0.481 e. The van der Waals surface area contributed by atoms with E-state index in [1.54, 1.807) is 13.8 Å². The highest BCUT2D eigenvalue weighted by Crippen LogP contribution is 2.20. The molecule has 0 spiro atoms. The number of hydrogen-bond acceptors (Lipinski definition) is 7. The lowest BCUT2D eigenvalue weighted by atomic mass is 10.0. The molecule has 0 bridgehead atoms. The molecule has 1 fully saturated rings. The van der Waals surface area contributed by atoms with Crippen molar-refractivity contribution in [3.63, 3.8) is 0 Å². The normalized spacial score (nSPS) is 18.3. The molecule has 0 saturated carbocycles. The fraction of sp³-hybridized carbons (Fsp3) is 0.700. The summed E-state index contributed by atoms with van der Waals surface area (Å²) in [6.07, 6.45) is -0.0885. The maximum Gasteiger partial charge on any atom is 0.326 e. The number of carboxylic acid groups (broad SMARTS) is 2. The molecule has 13 nitrogen and oxygen atoms in total. The summed E-state index contributed by atoms with van der Waals surface area (Å²) in [6, 6.07) is -4.50. The van der Waals surface area contributed by atoms with Crippen LogP contribution in [0.15, 0.2) is 0 Å². The first-order valence-electron chi connectivity index (χ1n) is 10.7. The van der Waals surface area contributed by atoms with E-state index in [9.17, 15) is 33.9 Å². The minimum absolute atomic E-state index is 0.163. The minimum atomic E-state index is -1.26. The summed E-state index contributed by atoms with van der Waals surface area (Å²) in [6.45, 7) is 3.59. The highest BCUT2D eigenvalue weighted by atomic mass is 16.4. The minimum Gasteiger partial charge on any atom is -0.481 e. The number of primary amides is 1. The van der Waals surface area contributed by atoms with Gasteiger partial charge in [0.25, 0.3) is 0 Å². The maximum atomic E-state index is 13.0. The Balaban J connectivity index is 2.96. The number of aliphatic carboxylic acids is 2. The van der Waals surface area contributed by atoms with Gasteiger partial charge in [-0.1, -0.05) is 13.8 Å². The number of carbonyl (C=O) groups excluding carboxylic acids is 4. The van der Waals surface area contributed by atoms with Crippen LogP contribution in [-0.2, 0) is 28.8 Å². The third kappa shape index (κ3) is 8.67. The number of nitrogens with two attached hydrogens (primary N) is 2. The van der Waals surface area contributed by atoms with Gasteiger partial charge in [-0.05, 0) is 31.6 Å². The summed E-state index contributed by atoms with van der Waals surface area (Å²) >= 11 is 0. The summed E-state index contributed by atoms with van der Waals surface area (Å²) in [4.78, 5) is 72.8. The second-order valence-corrected chi connectivity index (χ2v) is 8.36. The van der Waals surface area contributed by atoms with Crippen molar-refractivity contribution >= 4 is 35.6 Å². The van der Waals surface area contributed by atoms with Gasteiger partial charge in [0.2, 0.25) is 23.6 Å². The zero-order chi connectivity index (χ0) is 25.3. The van der Waals surface area contributed by atoms with Crippen LogP contribution in [0.25, 0.3) is 0 Å². The summed E-state index contributed by atoms with van der Waals surface area (Å²) < 4.78 is 0. The lowest BCUT2D eigenvalue weighted by Crippen LogP contribution is -2.58. The van der Waals surface area contributed by atoms with E-state index in [-0.39, 0.29) is 32.2 Å². The molecule has 186 valence electrons. The SMILES string of the molecule is CC(C)C(NC(=O)C(CCC(N)=O)NC(=O)C(N)CCC(=O)O)C(=O)N1CCCC1C(=O)O. The van der Waals surface area contributed by atoms with Gasteiger partial charge in [0.15, 0.2) is 0 Å². The zero-order valence-corrected chi connectivity index (χ0v) is 18.8. The number of nitrogens with zero attached hydrogens (tertiary/aromatic N) is 1. The van der Waals surface area contributed by atoms with Crippen LogP contribution in [0, 0.1) is 5.92 Å². The summed E-state index contributed by atoms with van der Waals surface area (Å²) in [5.41, 5.74) is 10.8. The number of rotatable bonds is 13. The lowest BCUT2D eigenvalue weighted by molar-refractivity contribution is -0.150. The van der Waals surface area contributed by atoms with Crippen LogP contribution >= 0.6 is 0 Å². The summed E-state index contributed by atoms with van der Waals surface area (Å²) in [5, 5.41) is 23.0. The first kappa shape index (κ1) is 27.8. The highest BCUT2D eigenvalue weighted by molar-refractivity contribution is 5.94. The Labute approximate surface area is 191 Å².